The van der Waals surface area contributed by atoms with Crippen LogP contribution in [0.5, 0.6) is 0 Å². The second-order valence-electron chi connectivity index (χ2n) is 3.75. The molecule has 0 atom stereocenters. The van der Waals surface area contributed by atoms with Gasteiger partial charge in [-0.05, 0) is 0 Å². The lowest BCUT2D eigenvalue weighted by Gasteiger charge is -2.02. The summed E-state index contributed by atoms with van der Waals surface area (Å²) in [5.41, 5.74) is 0.314. The van der Waals surface area contributed by atoms with Crippen LogP contribution in [-0.4, -0.2) is 22.2 Å². The number of carboxylic acid groups (broad SMARTS) is 1. The third-order valence-corrected chi connectivity index (χ3v) is 3.18. The second-order valence-corrected chi connectivity index (χ2v) is 4.69. The predicted octanol–water partition coefficient (Wildman–Crippen LogP) is 3.60. The zero-order valence-corrected chi connectivity index (χ0v) is 10.2. The Balaban J connectivity index is 2.09. The molecule has 0 aromatic carbocycles. The van der Waals surface area contributed by atoms with Gasteiger partial charge in [-0.3, -0.25) is 0 Å². The fourth-order valence-corrected chi connectivity index (χ4v) is 2.16. The summed E-state index contributed by atoms with van der Waals surface area (Å²) in [5.74, 6) is -0.908. The Morgan fingerprint density at radius 1 is 1.47 bits per heavy atom. The number of alkyl halides is 3. The summed E-state index contributed by atoms with van der Waals surface area (Å²) in [4.78, 5) is 14.6. The first-order chi connectivity index (χ1) is 8.85. The van der Waals surface area contributed by atoms with Gasteiger partial charge in [0.2, 0.25) is 0 Å². The number of thiazole rings is 1. The first kappa shape index (κ1) is 13.6. The molecule has 2 heterocycles. The molecule has 1 N–H and O–H groups in total. The quantitative estimate of drug-likeness (QED) is 0.934. The maximum absolute atomic E-state index is 12.1. The van der Waals surface area contributed by atoms with Gasteiger partial charge in [0.25, 0.3) is 0 Å². The van der Waals surface area contributed by atoms with Crippen molar-refractivity contribution in [3.05, 3.63) is 28.3 Å². The van der Waals surface area contributed by atoms with Crippen molar-refractivity contribution >= 4 is 17.3 Å². The largest absolute Gasteiger partial charge is 0.478 e. The smallest absolute Gasteiger partial charge is 0.389 e. The number of aromatic carboxylic acids is 1. The van der Waals surface area contributed by atoms with Crippen molar-refractivity contribution in [1.29, 1.82) is 0 Å². The van der Waals surface area contributed by atoms with E-state index in [2.05, 4.69) is 4.98 Å². The van der Waals surface area contributed by atoms with Crippen molar-refractivity contribution < 1.29 is 27.5 Å². The highest BCUT2D eigenvalue weighted by Gasteiger charge is 2.27. The van der Waals surface area contributed by atoms with E-state index in [0.717, 1.165) is 17.6 Å². The molecule has 2 aromatic rings. The van der Waals surface area contributed by atoms with Crippen LogP contribution in [0.25, 0.3) is 11.5 Å². The van der Waals surface area contributed by atoms with Gasteiger partial charge in [0.1, 0.15) is 12.0 Å². The van der Waals surface area contributed by atoms with Crippen LogP contribution in [0.15, 0.2) is 22.1 Å². The lowest BCUT2D eigenvalue weighted by molar-refractivity contribution is -0.134. The zero-order chi connectivity index (χ0) is 14.0. The summed E-state index contributed by atoms with van der Waals surface area (Å²) in [5, 5.41) is 10.6. The van der Waals surface area contributed by atoms with Crippen LogP contribution in [0.4, 0.5) is 13.2 Å². The molecule has 0 bridgehead atoms. The predicted molar refractivity (Wildman–Crippen MR) is 61.2 cm³/mol. The molecular weight excluding hydrogens is 283 g/mol. The van der Waals surface area contributed by atoms with E-state index in [1.165, 1.54) is 11.4 Å². The number of furan rings is 1. The van der Waals surface area contributed by atoms with Crippen molar-refractivity contribution in [2.75, 3.05) is 0 Å². The van der Waals surface area contributed by atoms with E-state index in [-0.39, 0.29) is 17.7 Å². The van der Waals surface area contributed by atoms with Gasteiger partial charge in [0.15, 0.2) is 5.76 Å². The maximum Gasteiger partial charge on any atom is 0.389 e. The average molecular weight is 291 g/mol. The minimum absolute atomic E-state index is 0.0279. The van der Waals surface area contributed by atoms with E-state index in [1.54, 1.807) is 0 Å². The Bertz CT molecular complexity index is 588. The standard InChI is InChI=1S/C11H8F3NO3S/c12-11(13,14)2-1-9-15-7(5-19-9)8-3-6(4-18-8)10(16)17/h3-5H,1-2H2,(H,16,17). The molecule has 0 aliphatic carbocycles. The number of aryl methyl sites for hydroxylation is 1. The van der Waals surface area contributed by atoms with Gasteiger partial charge >= 0.3 is 12.1 Å². The van der Waals surface area contributed by atoms with Crippen molar-refractivity contribution in [2.24, 2.45) is 0 Å². The number of carboxylic acids is 1. The molecule has 0 aliphatic heterocycles. The van der Waals surface area contributed by atoms with E-state index in [1.807, 2.05) is 0 Å². The first-order valence-electron chi connectivity index (χ1n) is 5.18. The first-order valence-corrected chi connectivity index (χ1v) is 6.06. The number of hydrogen-bond acceptors (Lipinski definition) is 4. The van der Waals surface area contributed by atoms with Crippen LogP contribution in [0, 0.1) is 0 Å². The molecule has 102 valence electrons. The van der Waals surface area contributed by atoms with E-state index >= 15 is 0 Å². The Hall–Kier alpha value is -1.83. The van der Waals surface area contributed by atoms with Gasteiger partial charge in [-0.15, -0.1) is 11.3 Å². The van der Waals surface area contributed by atoms with Crippen LogP contribution in [0.2, 0.25) is 0 Å². The van der Waals surface area contributed by atoms with Crippen molar-refractivity contribution in [1.82, 2.24) is 4.98 Å². The number of rotatable bonds is 4. The number of hydrogen-bond donors (Lipinski definition) is 1. The summed E-state index contributed by atoms with van der Waals surface area (Å²) in [6, 6.07) is 1.28. The fraction of sp³-hybridized carbons (Fsp3) is 0.273. The molecule has 2 aromatic heterocycles. The molecule has 8 heteroatoms. The van der Waals surface area contributed by atoms with Crippen LogP contribution in [-0.2, 0) is 6.42 Å². The zero-order valence-electron chi connectivity index (χ0n) is 9.40. The van der Waals surface area contributed by atoms with Gasteiger partial charge in [0.05, 0.1) is 10.6 Å². The van der Waals surface area contributed by atoms with E-state index in [0.29, 0.717) is 10.7 Å². The number of halogens is 3. The van der Waals surface area contributed by atoms with Crippen molar-refractivity contribution in [3.8, 4) is 11.5 Å². The Morgan fingerprint density at radius 3 is 2.79 bits per heavy atom. The van der Waals surface area contributed by atoms with Gasteiger partial charge in [-0.1, -0.05) is 0 Å². The van der Waals surface area contributed by atoms with Crippen LogP contribution in [0.1, 0.15) is 21.8 Å². The van der Waals surface area contributed by atoms with Crippen molar-refractivity contribution in [3.63, 3.8) is 0 Å². The van der Waals surface area contributed by atoms with E-state index < -0.39 is 18.6 Å². The van der Waals surface area contributed by atoms with Gasteiger partial charge in [-0.2, -0.15) is 13.2 Å². The third-order valence-electron chi connectivity index (χ3n) is 2.27. The molecule has 0 saturated carbocycles. The average Bonchev–Trinajstić information content (AvgIpc) is 2.94. The normalized spacial score (nSPS) is 11.7. The Kier molecular flexibility index (Phi) is 3.61. The molecule has 0 aliphatic rings. The molecule has 2 rings (SSSR count). The van der Waals surface area contributed by atoms with Crippen LogP contribution < -0.4 is 0 Å². The lowest BCUT2D eigenvalue weighted by Crippen LogP contribution is -2.08. The molecule has 4 nitrogen and oxygen atoms in total. The van der Waals surface area contributed by atoms with E-state index in [4.69, 9.17) is 9.52 Å². The molecule has 0 spiro atoms. The van der Waals surface area contributed by atoms with E-state index in [9.17, 15) is 18.0 Å². The molecular formula is C11H8F3NO3S. The highest BCUT2D eigenvalue weighted by atomic mass is 32.1. The van der Waals surface area contributed by atoms with Crippen molar-refractivity contribution in [2.45, 2.75) is 19.0 Å². The molecule has 0 amide bonds. The monoisotopic (exact) mass is 291 g/mol. The number of nitrogens with zero attached hydrogens (tertiary/aromatic N) is 1. The minimum atomic E-state index is -4.22. The van der Waals surface area contributed by atoms with Gasteiger partial charge in [0, 0.05) is 24.3 Å². The summed E-state index contributed by atoms with van der Waals surface area (Å²) >= 11 is 1.08. The third kappa shape index (κ3) is 3.57. The minimum Gasteiger partial charge on any atom is -0.478 e. The molecule has 0 saturated heterocycles. The van der Waals surface area contributed by atoms with Gasteiger partial charge < -0.3 is 9.52 Å². The lowest BCUT2D eigenvalue weighted by atomic mass is 10.3. The highest BCUT2D eigenvalue weighted by Crippen LogP contribution is 2.27. The molecule has 0 unspecified atom stereocenters. The Morgan fingerprint density at radius 2 is 2.21 bits per heavy atom. The van der Waals surface area contributed by atoms with Crippen LogP contribution in [0.3, 0.4) is 0 Å². The SMILES string of the molecule is O=C(O)c1coc(-c2csc(CCC(F)(F)F)n2)c1. The molecule has 0 fully saturated rings. The summed E-state index contributed by atoms with van der Waals surface area (Å²) < 4.78 is 41.2. The van der Waals surface area contributed by atoms with Crippen LogP contribution >= 0.6 is 11.3 Å². The Labute approximate surface area is 109 Å². The highest BCUT2D eigenvalue weighted by molar-refractivity contribution is 7.09. The topological polar surface area (TPSA) is 63.3 Å². The number of aromatic nitrogens is 1. The second kappa shape index (κ2) is 5.04. The fourth-order valence-electron chi connectivity index (χ4n) is 1.37. The maximum atomic E-state index is 12.1. The summed E-state index contributed by atoms with van der Waals surface area (Å²) in [6.45, 7) is 0. The summed E-state index contributed by atoms with van der Waals surface area (Å²) in [7, 11) is 0. The molecule has 0 radical (unpaired) electrons. The summed E-state index contributed by atoms with van der Waals surface area (Å²) in [6.07, 6.45) is -4.28. The number of carbonyl (C=O) groups is 1. The molecule has 19 heavy (non-hydrogen) atoms. The van der Waals surface area contributed by atoms with Gasteiger partial charge in [-0.25, -0.2) is 9.78 Å².